The molecule has 0 N–H and O–H groups in total. The third-order valence-corrected chi connectivity index (χ3v) is 6.36. The Hall–Kier alpha value is -2.93. The molecule has 26 heavy (non-hydrogen) atoms. The summed E-state index contributed by atoms with van der Waals surface area (Å²) in [5.41, 5.74) is 11.5. The highest BCUT2D eigenvalue weighted by Crippen LogP contribution is 2.57. The molecule has 1 nitrogen and oxygen atoms in total. The largest absolute Gasteiger partial charge is 0.264 e. The Morgan fingerprint density at radius 1 is 0.808 bits per heavy atom. The molecule has 0 saturated carbocycles. The van der Waals surface area contributed by atoms with E-state index in [0.717, 1.165) is 6.42 Å². The number of nitrogens with zero attached hydrogens (tertiary/aromatic N) is 1. The van der Waals surface area contributed by atoms with Crippen molar-refractivity contribution >= 4 is 10.8 Å². The molecule has 0 saturated heterocycles. The molecule has 0 amide bonds. The van der Waals surface area contributed by atoms with Crippen molar-refractivity contribution in [2.24, 2.45) is 0 Å². The van der Waals surface area contributed by atoms with Crippen LogP contribution < -0.4 is 0 Å². The molecule has 0 bridgehead atoms. The lowest BCUT2D eigenvalue weighted by molar-refractivity contribution is 0.666. The average molecular weight is 333 g/mol. The zero-order chi connectivity index (χ0) is 17.5. The first-order valence-corrected chi connectivity index (χ1v) is 9.29. The van der Waals surface area contributed by atoms with Gasteiger partial charge in [-0.2, -0.15) is 0 Å². The lowest BCUT2D eigenvalue weighted by Gasteiger charge is -2.24. The van der Waals surface area contributed by atoms with E-state index in [1.807, 2.05) is 6.20 Å². The molecule has 1 aromatic heterocycles. The predicted molar refractivity (Wildman–Crippen MR) is 108 cm³/mol. The van der Waals surface area contributed by atoms with Gasteiger partial charge in [-0.1, -0.05) is 62.4 Å². The minimum atomic E-state index is -0.00296. The van der Waals surface area contributed by atoms with Crippen molar-refractivity contribution in [3.63, 3.8) is 0 Å². The Balaban J connectivity index is 1.87. The second kappa shape index (κ2) is 4.62. The van der Waals surface area contributed by atoms with Gasteiger partial charge in [0.05, 0.1) is 0 Å². The summed E-state index contributed by atoms with van der Waals surface area (Å²) in [5.74, 6) is 0. The van der Waals surface area contributed by atoms with E-state index in [-0.39, 0.29) is 5.41 Å². The van der Waals surface area contributed by atoms with Crippen molar-refractivity contribution in [3.05, 3.63) is 89.2 Å². The van der Waals surface area contributed by atoms with Crippen LogP contribution in [0.1, 0.15) is 36.1 Å². The van der Waals surface area contributed by atoms with Crippen LogP contribution in [0.4, 0.5) is 0 Å². The van der Waals surface area contributed by atoms with Crippen molar-refractivity contribution in [3.8, 4) is 22.3 Å². The zero-order valence-corrected chi connectivity index (χ0v) is 15.0. The molecule has 0 spiro atoms. The Morgan fingerprint density at radius 3 is 2.46 bits per heavy atom. The van der Waals surface area contributed by atoms with Crippen LogP contribution in [0.5, 0.6) is 0 Å². The predicted octanol–water partition coefficient (Wildman–Crippen LogP) is 6.11. The molecule has 0 radical (unpaired) electrons. The monoisotopic (exact) mass is 333 g/mol. The van der Waals surface area contributed by atoms with Gasteiger partial charge < -0.3 is 0 Å². The summed E-state index contributed by atoms with van der Waals surface area (Å²) in [7, 11) is 0. The van der Waals surface area contributed by atoms with Gasteiger partial charge >= 0.3 is 0 Å². The van der Waals surface area contributed by atoms with Gasteiger partial charge in [0, 0.05) is 23.2 Å². The van der Waals surface area contributed by atoms with Gasteiger partial charge in [0.1, 0.15) is 0 Å². The van der Waals surface area contributed by atoms with E-state index < -0.39 is 0 Å². The smallest absolute Gasteiger partial charge is 0.0349 e. The number of hydrogen-bond acceptors (Lipinski definition) is 1. The first-order chi connectivity index (χ1) is 12.7. The molecular weight excluding hydrogens is 314 g/mol. The maximum Gasteiger partial charge on any atom is 0.0349 e. The topological polar surface area (TPSA) is 12.9 Å². The summed E-state index contributed by atoms with van der Waals surface area (Å²) in [6.07, 6.45) is 5.03. The summed E-state index contributed by atoms with van der Waals surface area (Å²) >= 11 is 0. The molecule has 4 aromatic rings. The third kappa shape index (κ3) is 1.55. The zero-order valence-electron chi connectivity index (χ0n) is 15.0. The Labute approximate surface area is 153 Å². The highest BCUT2D eigenvalue weighted by Gasteiger charge is 2.40. The molecule has 0 fully saturated rings. The van der Waals surface area contributed by atoms with Gasteiger partial charge in [-0.25, -0.2) is 0 Å². The maximum absolute atomic E-state index is 4.50. The van der Waals surface area contributed by atoms with Crippen LogP contribution in [0, 0.1) is 0 Å². The van der Waals surface area contributed by atoms with Crippen molar-refractivity contribution < 1.29 is 0 Å². The van der Waals surface area contributed by atoms with Gasteiger partial charge in [0.15, 0.2) is 0 Å². The normalized spacial score (nSPS) is 15.5. The van der Waals surface area contributed by atoms with Crippen molar-refractivity contribution in [2.45, 2.75) is 25.7 Å². The number of aromatic nitrogens is 1. The van der Waals surface area contributed by atoms with Crippen molar-refractivity contribution in [2.75, 3.05) is 0 Å². The van der Waals surface area contributed by atoms with Crippen LogP contribution >= 0.6 is 0 Å². The quantitative estimate of drug-likeness (QED) is 0.333. The second-order valence-corrected chi connectivity index (χ2v) is 8.03. The first kappa shape index (κ1) is 14.3. The van der Waals surface area contributed by atoms with Crippen LogP contribution in [0.2, 0.25) is 0 Å². The highest BCUT2D eigenvalue weighted by atomic mass is 14.6. The summed E-state index contributed by atoms with van der Waals surface area (Å²) < 4.78 is 0. The van der Waals surface area contributed by atoms with Gasteiger partial charge in [0.25, 0.3) is 0 Å². The fourth-order valence-electron chi connectivity index (χ4n) is 5.31. The van der Waals surface area contributed by atoms with E-state index in [1.165, 1.54) is 55.3 Å². The fraction of sp³-hybridized carbons (Fsp3) is 0.160. The average Bonchev–Trinajstić information content (AvgIpc) is 3.16. The molecule has 2 aliphatic carbocycles. The minimum Gasteiger partial charge on any atom is -0.264 e. The van der Waals surface area contributed by atoms with Gasteiger partial charge in [0.2, 0.25) is 0 Å². The van der Waals surface area contributed by atoms with E-state index in [1.54, 1.807) is 0 Å². The highest BCUT2D eigenvalue weighted by molar-refractivity contribution is 6.09. The van der Waals surface area contributed by atoms with Crippen LogP contribution in [0.15, 0.2) is 67.0 Å². The van der Waals surface area contributed by atoms with E-state index in [0.29, 0.717) is 0 Å². The second-order valence-electron chi connectivity index (χ2n) is 8.03. The Morgan fingerprint density at radius 2 is 1.58 bits per heavy atom. The molecule has 2 aliphatic rings. The standard InChI is InChI=1S/C25H19N/c1-25(2)21-10-6-5-9-18(21)23-19-13-15-7-3-4-8-16(15)22(19)17-11-12-26-14-20(17)24(23)25/h3-12,14H,13H2,1-2H3. The van der Waals surface area contributed by atoms with Gasteiger partial charge in [-0.15, -0.1) is 0 Å². The number of benzene rings is 3. The van der Waals surface area contributed by atoms with E-state index in [2.05, 4.69) is 79.6 Å². The van der Waals surface area contributed by atoms with Crippen LogP contribution in [0.25, 0.3) is 33.0 Å². The minimum absolute atomic E-state index is 0.00296. The van der Waals surface area contributed by atoms with Crippen LogP contribution in [0.3, 0.4) is 0 Å². The molecule has 0 unspecified atom stereocenters. The van der Waals surface area contributed by atoms with Gasteiger partial charge in [-0.3, -0.25) is 4.98 Å². The Kier molecular flexibility index (Phi) is 2.53. The van der Waals surface area contributed by atoms with E-state index in [9.17, 15) is 0 Å². The Bertz CT molecular complexity index is 1230. The summed E-state index contributed by atoms with van der Waals surface area (Å²) in [5, 5.41) is 2.65. The van der Waals surface area contributed by atoms with E-state index >= 15 is 0 Å². The van der Waals surface area contributed by atoms with Crippen molar-refractivity contribution in [1.82, 2.24) is 4.98 Å². The molecule has 1 heterocycles. The summed E-state index contributed by atoms with van der Waals surface area (Å²) in [6, 6.07) is 20.0. The molecule has 3 aromatic carbocycles. The van der Waals surface area contributed by atoms with Crippen molar-refractivity contribution in [1.29, 1.82) is 0 Å². The molecular formula is C25H19N. The molecule has 6 rings (SSSR count). The maximum atomic E-state index is 4.50. The molecule has 0 aliphatic heterocycles. The molecule has 1 heteroatoms. The van der Waals surface area contributed by atoms with Crippen LogP contribution in [-0.4, -0.2) is 4.98 Å². The summed E-state index contributed by atoms with van der Waals surface area (Å²) in [4.78, 5) is 4.50. The first-order valence-electron chi connectivity index (χ1n) is 9.29. The lowest BCUT2D eigenvalue weighted by atomic mass is 9.79. The molecule has 124 valence electrons. The third-order valence-electron chi connectivity index (χ3n) is 6.36. The number of fused-ring (bicyclic) bond motifs is 10. The van der Waals surface area contributed by atoms with Crippen LogP contribution in [-0.2, 0) is 11.8 Å². The summed E-state index contributed by atoms with van der Waals surface area (Å²) in [6.45, 7) is 4.72. The fourth-order valence-corrected chi connectivity index (χ4v) is 5.31. The number of hydrogen-bond donors (Lipinski definition) is 0. The SMILES string of the molecule is CC1(C)c2ccccc2-c2c3c(c4ccncc4c21)-c1ccccc1C3. The molecule has 0 atom stereocenters. The van der Waals surface area contributed by atoms with E-state index in [4.69, 9.17) is 0 Å². The lowest BCUT2D eigenvalue weighted by Crippen LogP contribution is -2.15. The number of rotatable bonds is 0. The van der Waals surface area contributed by atoms with Gasteiger partial charge in [-0.05, 0) is 62.4 Å². The number of pyridine rings is 1.